The summed E-state index contributed by atoms with van der Waals surface area (Å²) < 4.78 is 4.85. The van der Waals surface area contributed by atoms with E-state index in [0.717, 1.165) is 6.42 Å². The summed E-state index contributed by atoms with van der Waals surface area (Å²) in [6.45, 7) is 2.87. The van der Waals surface area contributed by atoms with Crippen LogP contribution in [-0.2, 0) is 16.0 Å². The SMILES string of the molecule is COCC(NCCc1ccccc1C)C(=O)O. The molecule has 0 radical (unpaired) electrons. The second kappa shape index (κ2) is 7.04. The van der Waals surface area contributed by atoms with E-state index in [9.17, 15) is 4.79 Å². The van der Waals surface area contributed by atoms with Crippen LogP contribution in [0.2, 0.25) is 0 Å². The number of hydrogen-bond donors (Lipinski definition) is 2. The minimum Gasteiger partial charge on any atom is -0.480 e. The van der Waals surface area contributed by atoms with E-state index in [0.29, 0.717) is 6.54 Å². The summed E-state index contributed by atoms with van der Waals surface area (Å²) in [5.41, 5.74) is 2.47. The van der Waals surface area contributed by atoms with E-state index in [1.807, 2.05) is 12.1 Å². The summed E-state index contributed by atoms with van der Waals surface area (Å²) in [7, 11) is 1.50. The van der Waals surface area contributed by atoms with Crippen molar-refractivity contribution in [1.82, 2.24) is 5.32 Å². The number of aryl methyl sites for hydroxylation is 1. The van der Waals surface area contributed by atoms with Crippen LogP contribution in [0.4, 0.5) is 0 Å². The molecule has 0 saturated carbocycles. The first-order chi connectivity index (χ1) is 8.15. The second-order valence-corrected chi connectivity index (χ2v) is 3.98. The number of rotatable bonds is 7. The number of methoxy groups -OCH3 is 1. The van der Waals surface area contributed by atoms with Gasteiger partial charge in [-0.25, -0.2) is 0 Å². The van der Waals surface area contributed by atoms with Crippen LogP contribution in [0.1, 0.15) is 11.1 Å². The third kappa shape index (κ3) is 4.54. The number of carboxylic acids is 1. The summed E-state index contributed by atoms with van der Waals surface area (Å²) in [6, 6.07) is 7.47. The minimum absolute atomic E-state index is 0.184. The molecule has 1 atom stereocenters. The fourth-order valence-electron chi connectivity index (χ4n) is 1.66. The molecule has 4 heteroatoms. The van der Waals surface area contributed by atoms with Crippen molar-refractivity contribution in [1.29, 1.82) is 0 Å². The Hall–Kier alpha value is -1.39. The lowest BCUT2D eigenvalue weighted by molar-refractivity contribution is -0.140. The zero-order valence-corrected chi connectivity index (χ0v) is 10.3. The topological polar surface area (TPSA) is 58.6 Å². The molecule has 4 nitrogen and oxygen atoms in total. The van der Waals surface area contributed by atoms with Crippen LogP contribution in [0.15, 0.2) is 24.3 Å². The van der Waals surface area contributed by atoms with Gasteiger partial charge < -0.3 is 15.2 Å². The number of aliphatic carboxylic acids is 1. The molecule has 0 spiro atoms. The van der Waals surface area contributed by atoms with Gasteiger partial charge in [-0.15, -0.1) is 0 Å². The summed E-state index contributed by atoms with van der Waals surface area (Å²) >= 11 is 0. The lowest BCUT2D eigenvalue weighted by atomic mass is 10.1. The van der Waals surface area contributed by atoms with Gasteiger partial charge in [0.25, 0.3) is 0 Å². The zero-order valence-electron chi connectivity index (χ0n) is 10.3. The van der Waals surface area contributed by atoms with Crippen LogP contribution >= 0.6 is 0 Å². The van der Waals surface area contributed by atoms with Crippen molar-refractivity contribution in [3.05, 3.63) is 35.4 Å². The van der Waals surface area contributed by atoms with Crippen molar-refractivity contribution in [2.24, 2.45) is 0 Å². The maximum Gasteiger partial charge on any atom is 0.323 e. The summed E-state index contributed by atoms with van der Waals surface area (Å²) in [6.07, 6.45) is 0.820. The lowest BCUT2D eigenvalue weighted by Crippen LogP contribution is -2.41. The van der Waals surface area contributed by atoms with E-state index in [1.54, 1.807) is 0 Å². The predicted octanol–water partition coefficient (Wildman–Crippen LogP) is 1.23. The molecule has 1 rings (SSSR count). The van der Waals surface area contributed by atoms with Crippen molar-refractivity contribution in [3.8, 4) is 0 Å². The molecule has 0 saturated heterocycles. The molecule has 0 bridgehead atoms. The van der Waals surface area contributed by atoms with E-state index in [2.05, 4.69) is 24.4 Å². The Bertz CT molecular complexity index is 365. The number of benzene rings is 1. The van der Waals surface area contributed by atoms with E-state index in [4.69, 9.17) is 9.84 Å². The van der Waals surface area contributed by atoms with Crippen LogP contribution in [0, 0.1) is 6.92 Å². The molecule has 1 aromatic rings. The highest BCUT2D eigenvalue weighted by molar-refractivity contribution is 5.73. The van der Waals surface area contributed by atoms with Gasteiger partial charge in [-0.05, 0) is 24.5 Å². The molecule has 2 N–H and O–H groups in total. The van der Waals surface area contributed by atoms with Gasteiger partial charge >= 0.3 is 5.97 Å². The quantitative estimate of drug-likeness (QED) is 0.748. The molecule has 1 aromatic carbocycles. The molecule has 0 amide bonds. The van der Waals surface area contributed by atoms with Gasteiger partial charge in [0.05, 0.1) is 6.61 Å². The highest BCUT2D eigenvalue weighted by atomic mass is 16.5. The van der Waals surface area contributed by atoms with Gasteiger partial charge in [-0.2, -0.15) is 0 Å². The lowest BCUT2D eigenvalue weighted by Gasteiger charge is -2.13. The van der Waals surface area contributed by atoms with Gasteiger partial charge in [-0.1, -0.05) is 24.3 Å². The van der Waals surface area contributed by atoms with Crippen LogP contribution in [0.5, 0.6) is 0 Å². The summed E-state index contributed by atoms with van der Waals surface area (Å²) in [5.74, 6) is -0.878. The van der Waals surface area contributed by atoms with Crippen molar-refractivity contribution >= 4 is 5.97 Å². The average molecular weight is 237 g/mol. The highest BCUT2D eigenvalue weighted by Gasteiger charge is 2.15. The van der Waals surface area contributed by atoms with Gasteiger partial charge in [0.15, 0.2) is 0 Å². The zero-order chi connectivity index (χ0) is 12.7. The Morgan fingerprint density at radius 1 is 1.47 bits per heavy atom. The molecular weight excluding hydrogens is 218 g/mol. The highest BCUT2D eigenvalue weighted by Crippen LogP contribution is 2.06. The van der Waals surface area contributed by atoms with Crippen molar-refractivity contribution in [2.75, 3.05) is 20.3 Å². The van der Waals surface area contributed by atoms with Crippen LogP contribution in [0.3, 0.4) is 0 Å². The average Bonchev–Trinajstić information content (AvgIpc) is 2.30. The minimum atomic E-state index is -0.878. The largest absolute Gasteiger partial charge is 0.480 e. The Balaban J connectivity index is 2.41. The van der Waals surface area contributed by atoms with Crippen LogP contribution in [0.25, 0.3) is 0 Å². The second-order valence-electron chi connectivity index (χ2n) is 3.98. The van der Waals surface area contributed by atoms with Crippen molar-refractivity contribution < 1.29 is 14.6 Å². The molecule has 1 unspecified atom stereocenters. The Kier molecular flexibility index (Phi) is 5.66. The Labute approximate surface area is 102 Å². The molecular formula is C13H19NO3. The molecule has 0 heterocycles. The fourth-order valence-corrected chi connectivity index (χ4v) is 1.66. The van der Waals surface area contributed by atoms with Gasteiger partial charge in [0.2, 0.25) is 0 Å². The maximum absolute atomic E-state index is 10.9. The molecule has 0 aromatic heterocycles. The smallest absolute Gasteiger partial charge is 0.323 e. The van der Waals surface area contributed by atoms with E-state index >= 15 is 0 Å². The molecule has 0 aliphatic rings. The number of ether oxygens (including phenoxy) is 1. The Morgan fingerprint density at radius 2 is 2.18 bits per heavy atom. The number of carboxylic acid groups (broad SMARTS) is 1. The normalized spacial score (nSPS) is 12.4. The monoisotopic (exact) mass is 237 g/mol. The predicted molar refractivity (Wildman–Crippen MR) is 66.2 cm³/mol. The first-order valence-electron chi connectivity index (χ1n) is 5.64. The number of carbonyl (C=O) groups is 1. The van der Waals surface area contributed by atoms with Gasteiger partial charge in [-0.3, -0.25) is 4.79 Å². The molecule has 0 aliphatic heterocycles. The maximum atomic E-state index is 10.9. The summed E-state index contributed by atoms with van der Waals surface area (Å²) in [5, 5.41) is 11.9. The van der Waals surface area contributed by atoms with Crippen molar-refractivity contribution in [2.45, 2.75) is 19.4 Å². The first kappa shape index (κ1) is 13.7. The van der Waals surface area contributed by atoms with E-state index in [-0.39, 0.29) is 6.61 Å². The number of nitrogens with one attached hydrogen (secondary N) is 1. The van der Waals surface area contributed by atoms with Crippen molar-refractivity contribution in [3.63, 3.8) is 0 Å². The standard InChI is InChI=1S/C13H19NO3/c1-10-5-3-4-6-11(10)7-8-14-12(9-17-2)13(15)16/h3-6,12,14H,7-9H2,1-2H3,(H,15,16). The third-order valence-electron chi connectivity index (χ3n) is 2.68. The van der Waals surface area contributed by atoms with Gasteiger partial charge in [0.1, 0.15) is 6.04 Å². The molecule has 0 fully saturated rings. The summed E-state index contributed by atoms with van der Waals surface area (Å²) in [4.78, 5) is 10.9. The van der Waals surface area contributed by atoms with E-state index in [1.165, 1.54) is 18.2 Å². The number of hydrogen-bond acceptors (Lipinski definition) is 3. The first-order valence-corrected chi connectivity index (χ1v) is 5.64. The van der Waals surface area contributed by atoms with Crippen LogP contribution in [-0.4, -0.2) is 37.4 Å². The van der Waals surface area contributed by atoms with Gasteiger partial charge in [0, 0.05) is 13.7 Å². The van der Waals surface area contributed by atoms with E-state index < -0.39 is 12.0 Å². The molecule has 94 valence electrons. The molecule has 0 aliphatic carbocycles. The van der Waals surface area contributed by atoms with Crippen LogP contribution < -0.4 is 5.32 Å². The Morgan fingerprint density at radius 3 is 2.76 bits per heavy atom. The fraction of sp³-hybridized carbons (Fsp3) is 0.462. The molecule has 17 heavy (non-hydrogen) atoms. The third-order valence-corrected chi connectivity index (χ3v) is 2.68.